The van der Waals surface area contributed by atoms with Crippen molar-refractivity contribution in [2.24, 2.45) is 0 Å². The maximum absolute atomic E-state index is 5.08. The summed E-state index contributed by atoms with van der Waals surface area (Å²) in [6.07, 6.45) is 5.58. The van der Waals surface area contributed by atoms with Gasteiger partial charge in [0.25, 0.3) is 0 Å². The summed E-state index contributed by atoms with van der Waals surface area (Å²) in [5.74, 6) is 0. The molecule has 0 atom stereocenters. The Balaban J connectivity index is 0.000000116. The van der Waals surface area contributed by atoms with Crippen LogP contribution in [0.1, 0.15) is 0 Å². The molecule has 20 rings (SSSR count). The molecule has 0 aliphatic carbocycles. The molecule has 0 unspecified atom stereocenters. The van der Waals surface area contributed by atoms with Gasteiger partial charge in [-0.25, -0.2) is 19.9 Å². The van der Waals surface area contributed by atoms with Crippen molar-refractivity contribution in [3.05, 3.63) is 425 Å². The van der Waals surface area contributed by atoms with E-state index in [0.717, 1.165) is 138 Å². The Kier molecular flexibility index (Phi) is 18.8. The molecule has 0 amide bonds. The molecule has 0 fully saturated rings. The fourth-order valence-electron chi connectivity index (χ4n) is 14.7. The van der Waals surface area contributed by atoms with E-state index in [1.165, 1.54) is 50.1 Å². The second kappa shape index (κ2) is 30.8. The fraction of sp³-hybridized carbons (Fsp3) is 0. The van der Waals surface area contributed by atoms with Crippen LogP contribution < -0.4 is 0 Å². The van der Waals surface area contributed by atoms with E-state index >= 15 is 0 Å². The van der Waals surface area contributed by atoms with Crippen molar-refractivity contribution in [3.63, 3.8) is 0 Å². The first kappa shape index (κ1) is 67.2. The highest BCUT2D eigenvalue weighted by molar-refractivity contribution is 6.03. The maximum atomic E-state index is 5.08. The van der Waals surface area contributed by atoms with E-state index in [1.807, 2.05) is 60.9 Å². The van der Waals surface area contributed by atoms with Crippen LogP contribution in [-0.2, 0) is 0 Å². The van der Waals surface area contributed by atoms with Crippen LogP contribution in [0.3, 0.4) is 0 Å². The van der Waals surface area contributed by atoms with E-state index in [9.17, 15) is 0 Å². The van der Waals surface area contributed by atoms with Crippen molar-refractivity contribution in [1.29, 1.82) is 0 Å². The minimum absolute atomic E-state index is 0.970. The summed E-state index contributed by atoms with van der Waals surface area (Å²) >= 11 is 0. The monoisotopic (exact) mass is 1400 g/mol. The van der Waals surface area contributed by atoms with E-state index in [1.54, 1.807) is 6.20 Å². The maximum Gasteiger partial charge on any atom is 0.0780 e. The van der Waals surface area contributed by atoms with E-state index in [4.69, 9.17) is 24.9 Å². The number of fused-ring (bicyclic) bond motifs is 5. The van der Waals surface area contributed by atoms with Gasteiger partial charge in [-0.2, -0.15) is 0 Å². The van der Waals surface area contributed by atoms with Crippen LogP contribution in [0.25, 0.3) is 189 Å². The number of para-hydroxylation sites is 2. The Bertz CT molecular complexity index is 6660. The molecule has 110 heavy (non-hydrogen) atoms. The molecule has 6 aromatic heterocycles. The highest BCUT2D eigenvalue weighted by atomic mass is 14.7. The fourth-order valence-corrected chi connectivity index (χ4v) is 14.7. The molecule has 0 N–H and O–H groups in total. The predicted molar refractivity (Wildman–Crippen MR) is 459 cm³/mol. The van der Waals surface area contributed by atoms with E-state index in [2.05, 4.69) is 363 Å². The molecule has 0 aliphatic rings. The summed E-state index contributed by atoms with van der Waals surface area (Å²) in [6.45, 7) is 0. The molecule has 6 nitrogen and oxygen atoms in total. The topological polar surface area (TPSA) is 77.3 Å². The summed E-state index contributed by atoms with van der Waals surface area (Å²) in [5.41, 5.74) is 32.0. The highest BCUT2D eigenvalue weighted by Crippen LogP contribution is 2.41. The standard InChI is InChI=1S/2C36H24N2.C32H22N2/c1-3-10-25(11-4-1)28-19-20-34-33(23-28)32(24-35(38-34)26-12-5-2-6-13-26)30-16-7-15-29(22-30)31-18-8-14-27-17-9-21-37-36(27)31;1-3-9-25(10-4-1)30-20-22-35-32(23-30)31(24-36(38-35)27-11-5-2-6-12-27)26-15-17-29(18-16-26)34-21-19-28-13-7-8-14-33(28)37-34;1-3-9-23(10-4-1)26-16-17-31-30(20-26)29(21-32(34-31)24-11-5-2-6-12-24)27-14-7-13-25(19-27)28-15-8-18-33-22-28/h2*1-24H;1-22H. The van der Waals surface area contributed by atoms with Gasteiger partial charge in [0.1, 0.15) is 0 Å². The molecule has 0 saturated heterocycles. The number of benzene rings is 14. The lowest BCUT2D eigenvalue weighted by molar-refractivity contribution is 1.33. The molecule has 0 aliphatic heterocycles. The lowest BCUT2D eigenvalue weighted by Gasteiger charge is -2.14. The van der Waals surface area contributed by atoms with Gasteiger partial charge < -0.3 is 0 Å². The minimum atomic E-state index is 0.970. The largest absolute Gasteiger partial charge is 0.264 e. The molecule has 0 saturated carbocycles. The summed E-state index contributed by atoms with van der Waals surface area (Å²) in [4.78, 5) is 29.1. The van der Waals surface area contributed by atoms with Crippen molar-refractivity contribution in [3.8, 4) is 134 Å². The number of rotatable bonds is 12. The molecule has 6 heterocycles. The Morgan fingerprint density at radius 2 is 0.500 bits per heavy atom. The lowest BCUT2D eigenvalue weighted by Crippen LogP contribution is -1.92. The van der Waals surface area contributed by atoms with Gasteiger partial charge in [-0.3, -0.25) is 9.97 Å². The number of nitrogens with zero attached hydrogens (tertiary/aromatic N) is 6. The third-order valence-electron chi connectivity index (χ3n) is 20.3. The molecule has 20 aromatic rings. The highest BCUT2D eigenvalue weighted by Gasteiger charge is 2.18. The van der Waals surface area contributed by atoms with E-state index in [-0.39, 0.29) is 0 Å². The average Bonchev–Trinajstić information content (AvgIpc) is 0.776. The lowest BCUT2D eigenvalue weighted by atomic mass is 9.93. The second-order valence-corrected chi connectivity index (χ2v) is 27.3. The molecular weight excluding hydrogens is 1330 g/mol. The minimum Gasteiger partial charge on any atom is -0.264 e. The summed E-state index contributed by atoms with van der Waals surface area (Å²) in [5, 5.41) is 5.72. The van der Waals surface area contributed by atoms with Gasteiger partial charge in [-0.05, 0) is 169 Å². The third-order valence-corrected chi connectivity index (χ3v) is 20.3. The first-order valence-corrected chi connectivity index (χ1v) is 37.1. The Hall–Kier alpha value is -14.7. The average molecular weight is 1400 g/mol. The van der Waals surface area contributed by atoms with Gasteiger partial charge in [0.05, 0.1) is 50.4 Å². The van der Waals surface area contributed by atoms with Crippen LogP contribution in [0.5, 0.6) is 0 Å². The number of hydrogen-bond acceptors (Lipinski definition) is 6. The first-order valence-electron chi connectivity index (χ1n) is 37.1. The second-order valence-electron chi connectivity index (χ2n) is 27.3. The van der Waals surface area contributed by atoms with Gasteiger partial charge in [0, 0.05) is 78.9 Å². The van der Waals surface area contributed by atoms with Crippen LogP contribution in [0.2, 0.25) is 0 Å². The van der Waals surface area contributed by atoms with Crippen molar-refractivity contribution >= 4 is 54.5 Å². The molecule has 6 heteroatoms. The molecule has 0 spiro atoms. The van der Waals surface area contributed by atoms with Crippen molar-refractivity contribution in [2.75, 3.05) is 0 Å². The van der Waals surface area contributed by atoms with Crippen LogP contribution in [0, 0.1) is 0 Å². The SMILES string of the molecule is c1ccc(-c2ccc3nc(-c4ccccc4)cc(-c4ccc(-c5ccc6ccccc6n5)cc4)c3c2)cc1.c1ccc(-c2ccc3nc(-c4ccccc4)cc(-c4cccc(-c5cccc6cccnc56)c4)c3c2)cc1.c1ccc(-c2ccc3nc(-c4ccccc4)cc(-c4cccc(-c5cccnc5)c4)c3c2)cc1. The van der Waals surface area contributed by atoms with Gasteiger partial charge >= 0.3 is 0 Å². The number of pyridine rings is 6. The van der Waals surface area contributed by atoms with Gasteiger partial charge in [-0.15, -0.1) is 0 Å². The van der Waals surface area contributed by atoms with Crippen molar-refractivity contribution in [1.82, 2.24) is 29.9 Å². The van der Waals surface area contributed by atoms with Crippen LogP contribution in [0.4, 0.5) is 0 Å². The van der Waals surface area contributed by atoms with Crippen LogP contribution in [-0.4, -0.2) is 29.9 Å². The molecule has 0 bridgehead atoms. The van der Waals surface area contributed by atoms with Gasteiger partial charge in [0.15, 0.2) is 0 Å². The summed E-state index contributed by atoms with van der Waals surface area (Å²) in [6, 6.07) is 142. The Labute approximate surface area is 639 Å². The van der Waals surface area contributed by atoms with Gasteiger partial charge in [0.2, 0.25) is 0 Å². The zero-order valence-corrected chi connectivity index (χ0v) is 60.1. The zero-order valence-electron chi connectivity index (χ0n) is 60.1. The predicted octanol–water partition coefficient (Wildman–Crippen LogP) is 27.2. The van der Waals surface area contributed by atoms with Crippen LogP contribution in [0.15, 0.2) is 425 Å². The normalized spacial score (nSPS) is 11.1. The van der Waals surface area contributed by atoms with Crippen molar-refractivity contribution in [2.45, 2.75) is 0 Å². The Morgan fingerprint density at radius 3 is 0.982 bits per heavy atom. The quantitative estimate of drug-likeness (QED) is 0.121. The van der Waals surface area contributed by atoms with Gasteiger partial charge in [-0.1, -0.05) is 315 Å². The third kappa shape index (κ3) is 14.3. The number of hydrogen-bond donors (Lipinski definition) is 0. The molecule has 516 valence electrons. The zero-order chi connectivity index (χ0) is 73.4. The van der Waals surface area contributed by atoms with E-state index in [0.29, 0.717) is 0 Å². The van der Waals surface area contributed by atoms with E-state index < -0.39 is 0 Å². The smallest absolute Gasteiger partial charge is 0.0780 e. The Morgan fingerprint density at radius 1 is 0.164 bits per heavy atom. The summed E-state index contributed by atoms with van der Waals surface area (Å²) in [7, 11) is 0. The summed E-state index contributed by atoms with van der Waals surface area (Å²) < 4.78 is 0. The molecular formula is C104H70N6. The number of aromatic nitrogens is 6. The molecule has 14 aromatic carbocycles. The van der Waals surface area contributed by atoms with Crippen LogP contribution >= 0.6 is 0 Å². The van der Waals surface area contributed by atoms with Crippen molar-refractivity contribution < 1.29 is 0 Å². The first-order chi connectivity index (χ1) is 54.5. The molecule has 0 radical (unpaired) electrons.